The van der Waals surface area contributed by atoms with E-state index in [0.717, 1.165) is 18.4 Å². The van der Waals surface area contributed by atoms with Crippen molar-refractivity contribution >= 4 is 39.4 Å². The van der Waals surface area contributed by atoms with Gasteiger partial charge in [0.1, 0.15) is 10.6 Å². The highest BCUT2D eigenvalue weighted by atomic mass is 32.2. The molecule has 9 nitrogen and oxygen atoms in total. The van der Waals surface area contributed by atoms with Gasteiger partial charge in [0.25, 0.3) is 0 Å². The van der Waals surface area contributed by atoms with Gasteiger partial charge in [0.05, 0.1) is 23.1 Å². The fourth-order valence-electron chi connectivity index (χ4n) is 7.42. The number of ketones is 1. The Kier molecular flexibility index (Phi) is 7.76. The fraction of sp³-hybridized carbons (Fsp3) is 0.243. The molecule has 10 heteroatoms. The summed E-state index contributed by atoms with van der Waals surface area (Å²) in [6.07, 6.45) is 1.79. The SMILES string of the molecule is Cc1ccc(S(=O)(=O)Oc2ccc(C(=O)COC(=O)c3ccc(N4C(=O)[C@@H]5[C@@H]6C[C@@H]([C@H]5C4=O)[C@H](c4ccccc4)C6)cc3)cc2)cc1. The number of amides is 2. The van der Waals surface area contributed by atoms with Gasteiger partial charge in [-0.25, -0.2) is 4.79 Å². The lowest BCUT2D eigenvalue weighted by Gasteiger charge is -2.28. The first-order valence-corrected chi connectivity index (χ1v) is 16.9. The third-order valence-corrected chi connectivity index (χ3v) is 10.9. The van der Waals surface area contributed by atoms with E-state index in [1.165, 1.54) is 59.0 Å². The van der Waals surface area contributed by atoms with Crippen LogP contribution in [-0.4, -0.2) is 38.6 Å². The number of hydrogen-bond acceptors (Lipinski definition) is 8. The molecule has 4 aromatic rings. The maximum atomic E-state index is 13.6. The van der Waals surface area contributed by atoms with Crippen molar-refractivity contribution in [2.45, 2.75) is 30.6 Å². The second-order valence-corrected chi connectivity index (χ2v) is 13.9. The average molecular weight is 650 g/mol. The first-order chi connectivity index (χ1) is 22.6. The second-order valence-electron chi connectivity index (χ2n) is 12.4. The number of Topliss-reactive ketones (excluding diaryl/α,β-unsaturated/α-hetero) is 1. The number of anilines is 1. The van der Waals surface area contributed by atoms with Gasteiger partial charge in [0, 0.05) is 5.56 Å². The summed E-state index contributed by atoms with van der Waals surface area (Å²) in [7, 11) is -4.04. The molecular formula is C37H31NO8S. The van der Waals surface area contributed by atoms with E-state index in [1.807, 2.05) is 25.1 Å². The van der Waals surface area contributed by atoms with Crippen LogP contribution in [0.15, 0.2) is 108 Å². The van der Waals surface area contributed by atoms with Crippen LogP contribution < -0.4 is 9.08 Å². The van der Waals surface area contributed by atoms with Crippen LogP contribution in [-0.2, 0) is 24.4 Å². The maximum Gasteiger partial charge on any atom is 0.339 e. The predicted octanol–water partition coefficient (Wildman–Crippen LogP) is 5.73. The number of rotatable bonds is 9. The van der Waals surface area contributed by atoms with Crippen molar-refractivity contribution in [3.8, 4) is 5.75 Å². The van der Waals surface area contributed by atoms with Crippen molar-refractivity contribution in [1.29, 1.82) is 0 Å². The van der Waals surface area contributed by atoms with Gasteiger partial charge in [-0.15, -0.1) is 0 Å². The van der Waals surface area contributed by atoms with Gasteiger partial charge in [0.15, 0.2) is 12.4 Å². The molecule has 0 spiro atoms. The van der Waals surface area contributed by atoms with Crippen LogP contribution in [0, 0.1) is 30.6 Å². The molecule has 4 aromatic carbocycles. The molecule has 2 aliphatic carbocycles. The zero-order chi connectivity index (χ0) is 32.9. The monoisotopic (exact) mass is 649 g/mol. The minimum Gasteiger partial charge on any atom is -0.454 e. The molecule has 1 saturated heterocycles. The van der Waals surface area contributed by atoms with Crippen molar-refractivity contribution in [2.75, 3.05) is 11.5 Å². The molecule has 7 rings (SSSR count). The van der Waals surface area contributed by atoms with E-state index in [-0.39, 0.29) is 63.2 Å². The maximum absolute atomic E-state index is 13.6. The van der Waals surface area contributed by atoms with Crippen LogP contribution >= 0.6 is 0 Å². The zero-order valence-electron chi connectivity index (χ0n) is 25.4. The summed E-state index contributed by atoms with van der Waals surface area (Å²) in [5.74, 6) is -1.62. The Morgan fingerprint density at radius 3 is 2.09 bits per heavy atom. The number of imide groups is 1. The molecule has 3 fully saturated rings. The summed E-state index contributed by atoms with van der Waals surface area (Å²) < 4.78 is 35.4. The van der Waals surface area contributed by atoms with Crippen LogP contribution in [0.1, 0.15) is 50.6 Å². The van der Waals surface area contributed by atoms with Crippen LogP contribution in [0.25, 0.3) is 0 Å². The van der Waals surface area contributed by atoms with Crippen LogP contribution in [0.2, 0.25) is 0 Å². The van der Waals surface area contributed by atoms with Crippen molar-refractivity contribution in [3.63, 3.8) is 0 Å². The summed E-state index contributed by atoms with van der Waals surface area (Å²) >= 11 is 0. The lowest BCUT2D eigenvalue weighted by atomic mass is 9.73. The molecule has 2 amide bonds. The zero-order valence-corrected chi connectivity index (χ0v) is 26.3. The highest BCUT2D eigenvalue weighted by molar-refractivity contribution is 7.87. The Bertz CT molecular complexity index is 1970. The van der Waals surface area contributed by atoms with Gasteiger partial charge in [-0.05, 0) is 104 Å². The lowest BCUT2D eigenvalue weighted by Crippen LogP contribution is -2.33. The number of benzene rings is 4. The van der Waals surface area contributed by atoms with Gasteiger partial charge >= 0.3 is 16.1 Å². The lowest BCUT2D eigenvalue weighted by molar-refractivity contribution is -0.123. The summed E-state index contributed by atoms with van der Waals surface area (Å²) in [5, 5.41) is 0. The average Bonchev–Trinajstić information content (AvgIpc) is 3.75. The van der Waals surface area contributed by atoms with E-state index in [0.29, 0.717) is 5.69 Å². The summed E-state index contributed by atoms with van der Waals surface area (Å²) in [6, 6.07) is 27.9. The molecule has 0 aromatic heterocycles. The van der Waals surface area contributed by atoms with E-state index in [9.17, 15) is 27.6 Å². The number of ether oxygens (including phenoxy) is 1. The fourth-order valence-corrected chi connectivity index (χ4v) is 8.35. The minimum atomic E-state index is -4.04. The van der Waals surface area contributed by atoms with Gasteiger partial charge < -0.3 is 8.92 Å². The molecule has 47 heavy (non-hydrogen) atoms. The Morgan fingerprint density at radius 2 is 1.40 bits per heavy atom. The van der Waals surface area contributed by atoms with Crippen LogP contribution in [0.4, 0.5) is 5.69 Å². The summed E-state index contributed by atoms with van der Waals surface area (Å²) in [5.41, 5.74) is 2.90. The van der Waals surface area contributed by atoms with E-state index < -0.39 is 28.5 Å². The third kappa shape index (κ3) is 5.63. The number of carbonyl (C=O) groups is 4. The van der Waals surface area contributed by atoms with Gasteiger partial charge in [-0.2, -0.15) is 8.42 Å². The molecular weight excluding hydrogens is 618 g/mol. The minimum absolute atomic E-state index is 0.00765. The largest absolute Gasteiger partial charge is 0.454 e. The normalized spacial score (nSPS) is 23.1. The molecule has 2 bridgehead atoms. The van der Waals surface area contributed by atoms with Crippen molar-refractivity contribution in [1.82, 2.24) is 0 Å². The van der Waals surface area contributed by atoms with Gasteiger partial charge in [-0.3, -0.25) is 19.3 Å². The number of nitrogens with zero attached hydrogens (tertiary/aromatic N) is 1. The highest BCUT2D eigenvalue weighted by Crippen LogP contribution is 2.61. The Morgan fingerprint density at radius 1 is 0.766 bits per heavy atom. The Hall–Kier alpha value is -5.09. The van der Waals surface area contributed by atoms with Gasteiger partial charge in [-0.1, -0.05) is 48.0 Å². The smallest absolute Gasteiger partial charge is 0.339 e. The molecule has 3 aliphatic rings. The summed E-state index contributed by atoms with van der Waals surface area (Å²) in [6.45, 7) is 1.30. The number of hydrogen-bond donors (Lipinski definition) is 0. The summed E-state index contributed by atoms with van der Waals surface area (Å²) in [4.78, 5) is 53.7. The molecule has 1 aliphatic heterocycles. The number of esters is 1. The van der Waals surface area contributed by atoms with Crippen LogP contribution in [0.3, 0.4) is 0 Å². The second kappa shape index (κ2) is 11.9. The predicted molar refractivity (Wildman–Crippen MR) is 171 cm³/mol. The Balaban J connectivity index is 0.954. The Labute approximate surface area is 272 Å². The third-order valence-electron chi connectivity index (χ3n) is 9.63. The molecule has 2 saturated carbocycles. The molecule has 238 valence electrons. The van der Waals surface area contributed by atoms with E-state index >= 15 is 0 Å². The topological polar surface area (TPSA) is 124 Å². The highest BCUT2D eigenvalue weighted by Gasteiger charge is 2.64. The quantitative estimate of drug-likeness (QED) is 0.0975. The first-order valence-electron chi connectivity index (χ1n) is 15.4. The van der Waals surface area contributed by atoms with E-state index in [4.69, 9.17) is 8.92 Å². The molecule has 0 N–H and O–H groups in total. The number of aryl methyl sites for hydroxylation is 1. The van der Waals surface area contributed by atoms with Crippen molar-refractivity contribution in [3.05, 3.63) is 125 Å². The number of fused-ring (bicyclic) bond motifs is 5. The first kappa shape index (κ1) is 30.6. The van der Waals surface area contributed by atoms with Gasteiger partial charge in [0.2, 0.25) is 11.8 Å². The molecule has 5 atom stereocenters. The molecule has 0 radical (unpaired) electrons. The van der Waals surface area contributed by atoms with Crippen molar-refractivity contribution < 1.29 is 36.5 Å². The van der Waals surface area contributed by atoms with E-state index in [1.54, 1.807) is 24.3 Å². The molecule has 0 unspecified atom stereocenters. The standard InChI is InChI=1S/C37H31NO8S/c1-22-7-17-29(18-8-22)47(43,44)46-28-15-11-24(12-16-28)32(39)21-45-37(42)25-9-13-27(14-10-25)38-35(40)33-26-19-30(23-5-3-2-4-6-23)31(20-26)34(33)36(38)41/h2-18,26,30-31,33-34H,19-21H2,1H3/t26-,30-,31+,33+,34+/m0/s1. The van der Waals surface area contributed by atoms with Crippen molar-refractivity contribution in [2.24, 2.45) is 23.7 Å². The van der Waals surface area contributed by atoms with E-state index in [2.05, 4.69) is 12.1 Å². The van der Waals surface area contributed by atoms with Crippen LogP contribution in [0.5, 0.6) is 5.75 Å². The molecule has 1 heterocycles. The number of carbonyl (C=O) groups excluding carboxylic acids is 4.